The highest BCUT2D eigenvalue weighted by atomic mass is 32.2. The maximum atomic E-state index is 14.0. The number of hydrogen-bond acceptors (Lipinski definition) is 7. The minimum Gasteiger partial charge on any atom is -0.462 e. The van der Waals surface area contributed by atoms with Gasteiger partial charge in [-0.25, -0.2) is 9.79 Å². The van der Waals surface area contributed by atoms with Crippen LogP contribution in [0.3, 0.4) is 0 Å². The number of rotatable bonds is 10. The van der Waals surface area contributed by atoms with Crippen LogP contribution < -0.4 is 0 Å². The second-order valence-electron chi connectivity index (χ2n) is 10.9. The number of thioether (sulfide) groups is 2. The molecule has 0 saturated heterocycles. The number of nitrogens with zero attached hydrogens (tertiary/aromatic N) is 1. The zero-order chi connectivity index (χ0) is 29.1. The van der Waals surface area contributed by atoms with Crippen molar-refractivity contribution in [3.63, 3.8) is 0 Å². The molecule has 0 amide bonds. The molecule has 0 radical (unpaired) electrons. The van der Waals surface area contributed by atoms with Crippen LogP contribution in [0.25, 0.3) is 0 Å². The molecule has 0 N–H and O–H groups in total. The van der Waals surface area contributed by atoms with Gasteiger partial charge in [0.25, 0.3) is 0 Å². The first-order chi connectivity index (χ1) is 19.2. The van der Waals surface area contributed by atoms with Crippen LogP contribution in [0.5, 0.6) is 0 Å². The summed E-state index contributed by atoms with van der Waals surface area (Å²) in [4.78, 5) is 31.5. The minimum atomic E-state index is -0.687. The van der Waals surface area contributed by atoms with Crippen molar-refractivity contribution in [3.05, 3.63) is 83.6 Å². The van der Waals surface area contributed by atoms with Crippen LogP contribution in [0.15, 0.2) is 77.4 Å². The quantitative estimate of drug-likeness (QED) is 0.124. The van der Waals surface area contributed by atoms with E-state index in [1.165, 1.54) is 29.1 Å². The van der Waals surface area contributed by atoms with E-state index >= 15 is 0 Å². The van der Waals surface area contributed by atoms with Crippen molar-refractivity contribution in [2.45, 2.75) is 64.9 Å². The molecule has 0 aromatic heterocycles. The standard InChI is InChI=1S/C33H43NO4S2/c1-7-37-31(36)28(34-32(39-5)40-6)22-25(21-24-14-10-8-11-15-24)30(35)38-29-20-23(2)18-19-27(29)33(3,4)26-16-12-9-13-17-26/h8-17,22-23,25,27,29H,7,18-21H2,1-6H3/b28-22-/t23?,25-,27?,29?/m1/s1. The van der Waals surface area contributed by atoms with Gasteiger partial charge in [0.15, 0.2) is 0 Å². The average Bonchev–Trinajstić information content (AvgIpc) is 2.95. The van der Waals surface area contributed by atoms with Crippen LogP contribution >= 0.6 is 23.5 Å². The molecule has 216 valence electrons. The molecule has 0 spiro atoms. The zero-order valence-corrected chi connectivity index (χ0v) is 26.2. The second kappa shape index (κ2) is 15.5. The topological polar surface area (TPSA) is 65.0 Å². The number of esters is 2. The van der Waals surface area contributed by atoms with Gasteiger partial charge in [0.05, 0.1) is 12.5 Å². The fraction of sp³-hybridized carbons (Fsp3) is 0.485. The third kappa shape index (κ3) is 8.74. The molecule has 2 aromatic rings. The van der Waals surface area contributed by atoms with Crippen LogP contribution in [-0.2, 0) is 30.9 Å². The molecule has 7 heteroatoms. The summed E-state index contributed by atoms with van der Waals surface area (Å²) in [5.74, 6) is -0.909. The highest BCUT2D eigenvalue weighted by Gasteiger charge is 2.42. The molecule has 3 unspecified atom stereocenters. The van der Waals surface area contributed by atoms with E-state index in [4.69, 9.17) is 9.47 Å². The molecular weight excluding hydrogens is 539 g/mol. The number of hydrogen-bond donors (Lipinski definition) is 0. The lowest BCUT2D eigenvalue weighted by Crippen LogP contribution is -2.44. The third-order valence-electron chi connectivity index (χ3n) is 7.77. The first kappa shape index (κ1) is 32.0. The molecule has 4 atom stereocenters. The molecule has 0 bridgehead atoms. The van der Waals surface area contributed by atoms with E-state index in [-0.39, 0.29) is 35.7 Å². The van der Waals surface area contributed by atoms with E-state index in [0.29, 0.717) is 12.3 Å². The SMILES string of the molecule is CCOC(=O)/C(=C/[C@@H](Cc1ccccc1)C(=O)OC1CC(C)CCC1C(C)(C)c1ccccc1)N=C(SC)SC. The van der Waals surface area contributed by atoms with E-state index in [2.05, 4.69) is 50.0 Å². The Bertz CT molecular complexity index is 1160. The Hall–Kier alpha value is -2.51. The Morgan fingerprint density at radius 2 is 1.65 bits per heavy atom. The van der Waals surface area contributed by atoms with Crippen LogP contribution in [0, 0.1) is 17.8 Å². The normalized spacial score (nSPS) is 20.4. The smallest absolute Gasteiger partial charge is 0.356 e. The van der Waals surface area contributed by atoms with Crippen LogP contribution in [0.4, 0.5) is 0 Å². The van der Waals surface area contributed by atoms with Crippen molar-refractivity contribution >= 4 is 39.8 Å². The number of carbonyl (C=O) groups excluding carboxylic acids is 2. The van der Waals surface area contributed by atoms with Crippen molar-refractivity contribution in [2.24, 2.45) is 22.7 Å². The zero-order valence-electron chi connectivity index (χ0n) is 24.6. The monoisotopic (exact) mass is 581 g/mol. The third-order valence-corrected chi connectivity index (χ3v) is 9.65. The van der Waals surface area contributed by atoms with Crippen molar-refractivity contribution in [1.82, 2.24) is 0 Å². The maximum absolute atomic E-state index is 14.0. The van der Waals surface area contributed by atoms with Gasteiger partial charge < -0.3 is 9.47 Å². The largest absolute Gasteiger partial charge is 0.462 e. The van der Waals surface area contributed by atoms with Gasteiger partial charge in [-0.15, -0.1) is 23.5 Å². The summed E-state index contributed by atoms with van der Waals surface area (Å²) in [6.07, 6.45) is 8.56. The Labute approximate surface area is 248 Å². The van der Waals surface area contributed by atoms with Crippen molar-refractivity contribution in [3.8, 4) is 0 Å². The highest BCUT2D eigenvalue weighted by molar-refractivity contribution is 8.38. The predicted octanol–water partition coefficient (Wildman–Crippen LogP) is 7.70. The Kier molecular flexibility index (Phi) is 12.4. The van der Waals surface area contributed by atoms with Gasteiger partial charge in [0, 0.05) is 5.92 Å². The minimum absolute atomic E-state index is 0.136. The van der Waals surface area contributed by atoms with E-state index in [0.717, 1.165) is 29.2 Å². The summed E-state index contributed by atoms with van der Waals surface area (Å²) in [5.41, 5.74) is 2.21. The van der Waals surface area contributed by atoms with Gasteiger partial charge in [0.2, 0.25) is 0 Å². The molecule has 1 saturated carbocycles. The van der Waals surface area contributed by atoms with Gasteiger partial charge in [-0.3, -0.25) is 4.79 Å². The Balaban J connectivity index is 1.98. The van der Waals surface area contributed by atoms with E-state index in [9.17, 15) is 9.59 Å². The van der Waals surface area contributed by atoms with Gasteiger partial charge in [-0.05, 0) is 67.2 Å². The highest BCUT2D eigenvalue weighted by Crippen LogP contribution is 2.44. The van der Waals surface area contributed by atoms with Gasteiger partial charge >= 0.3 is 11.9 Å². The van der Waals surface area contributed by atoms with E-state index < -0.39 is 11.9 Å². The van der Waals surface area contributed by atoms with Crippen LogP contribution in [-0.4, -0.2) is 41.5 Å². The summed E-state index contributed by atoms with van der Waals surface area (Å²) >= 11 is 2.90. The van der Waals surface area contributed by atoms with Gasteiger partial charge in [-0.2, -0.15) is 0 Å². The van der Waals surface area contributed by atoms with Gasteiger partial charge in [0.1, 0.15) is 16.2 Å². The first-order valence-corrected chi connectivity index (χ1v) is 16.5. The lowest BCUT2D eigenvalue weighted by Gasteiger charge is -2.44. The number of benzene rings is 2. The summed E-state index contributed by atoms with van der Waals surface area (Å²) < 4.78 is 12.5. The maximum Gasteiger partial charge on any atom is 0.356 e. The number of carbonyl (C=O) groups is 2. The van der Waals surface area contributed by atoms with Crippen molar-refractivity contribution < 1.29 is 19.1 Å². The van der Waals surface area contributed by atoms with Crippen LogP contribution in [0.1, 0.15) is 58.1 Å². The van der Waals surface area contributed by atoms with E-state index in [1.807, 2.05) is 48.9 Å². The van der Waals surface area contributed by atoms with Crippen molar-refractivity contribution in [1.29, 1.82) is 0 Å². The number of ether oxygens (including phenoxy) is 2. The fourth-order valence-corrected chi connectivity index (χ4v) is 6.55. The second-order valence-corrected chi connectivity index (χ2v) is 12.8. The molecule has 3 rings (SSSR count). The first-order valence-electron chi connectivity index (χ1n) is 14.0. The van der Waals surface area contributed by atoms with Crippen LogP contribution in [0.2, 0.25) is 0 Å². The molecule has 40 heavy (non-hydrogen) atoms. The average molecular weight is 582 g/mol. The summed E-state index contributed by atoms with van der Waals surface area (Å²) in [5, 5.41) is 0. The summed E-state index contributed by atoms with van der Waals surface area (Å²) in [7, 11) is 0. The lowest BCUT2D eigenvalue weighted by atomic mass is 9.64. The molecule has 0 heterocycles. The summed E-state index contributed by atoms with van der Waals surface area (Å²) in [6.45, 7) is 8.73. The molecular formula is C33H43NO4S2. The molecule has 1 fully saturated rings. The summed E-state index contributed by atoms with van der Waals surface area (Å²) in [6, 6.07) is 20.3. The molecule has 1 aliphatic carbocycles. The predicted molar refractivity (Wildman–Crippen MR) is 169 cm³/mol. The molecule has 2 aromatic carbocycles. The molecule has 5 nitrogen and oxygen atoms in total. The molecule has 0 aliphatic heterocycles. The Morgan fingerprint density at radius 1 is 1.02 bits per heavy atom. The fourth-order valence-electron chi connectivity index (χ4n) is 5.50. The number of aliphatic imine (C=N–C) groups is 1. The van der Waals surface area contributed by atoms with Crippen molar-refractivity contribution in [2.75, 3.05) is 19.1 Å². The van der Waals surface area contributed by atoms with Gasteiger partial charge in [-0.1, -0.05) is 87.9 Å². The lowest BCUT2D eigenvalue weighted by molar-refractivity contribution is -0.159. The molecule has 1 aliphatic rings. The van der Waals surface area contributed by atoms with E-state index in [1.54, 1.807) is 13.0 Å². The Morgan fingerprint density at radius 3 is 2.25 bits per heavy atom.